The van der Waals surface area contributed by atoms with E-state index in [0.29, 0.717) is 29.7 Å². The van der Waals surface area contributed by atoms with Crippen molar-refractivity contribution >= 4 is 17.5 Å². The molecule has 2 aromatic rings. The maximum atomic E-state index is 13.6. The van der Waals surface area contributed by atoms with Crippen LogP contribution >= 0.6 is 0 Å². The van der Waals surface area contributed by atoms with Crippen molar-refractivity contribution < 1.29 is 14.5 Å². The van der Waals surface area contributed by atoms with Gasteiger partial charge in [0.15, 0.2) is 0 Å². The van der Waals surface area contributed by atoms with E-state index in [1.807, 2.05) is 25.1 Å². The van der Waals surface area contributed by atoms with Crippen molar-refractivity contribution in [1.29, 1.82) is 0 Å². The van der Waals surface area contributed by atoms with Gasteiger partial charge in [-0.05, 0) is 79.9 Å². The number of anilines is 1. The molecular weight excluding hydrogens is 386 g/mol. The fourth-order valence-corrected chi connectivity index (χ4v) is 6.49. The van der Waals surface area contributed by atoms with Crippen LogP contribution in [0, 0.1) is 34.3 Å². The van der Waals surface area contributed by atoms with Gasteiger partial charge >= 0.3 is 5.95 Å². The standard InChI is InChI=1S/C21H25N5O4/c1-13-3-4-17(30-2)16(5-13)23-18(27)20-7-14-6-15(8-20)10-21(9-14,11-20)25-12-22-19(24-25)26(28)29/h3-5,12,14-15H,6-11H2,1-2H3,(H,23,27). The lowest BCUT2D eigenvalue weighted by Gasteiger charge is -2.60. The number of ether oxygens (including phenoxy) is 1. The summed E-state index contributed by atoms with van der Waals surface area (Å²) in [6.45, 7) is 1.98. The van der Waals surface area contributed by atoms with Crippen LogP contribution in [0.2, 0.25) is 0 Å². The Morgan fingerprint density at radius 1 is 1.30 bits per heavy atom. The minimum atomic E-state index is -0.566. The number of carbonyl (C=O) groups is 1. The third kappa shape index (κ3) is 2.86. The number of nitrogens with zero attached hydrogens (tertiary/aromatic N) is 4. The van der Waals surface area contributed by atoms with Gasteiger partial charge in [-0.15, -0.1) is 0 Å². The number of aryl methyl sites for hydroxylation is 1. The van der Waals surface area contributed by atoms with Crippen molar-refractivity contribution in [3.63, 3.8) is 0 Å². The second kappa shape index (κ2) is 6.52. The van der Waals surface area contributed by atoms with Gasteiger partial charge in [0.1, 0.15) is 5.75 Å². The minimum absolute atomic E-state index is 0.0134. The zero-order valence-corrected chi connectivity index (χ0v) is 17.1. The highest BCUT2D eigenvalue weighted by molar-refractivity contribution is 5.97. The molecular formula is C21H25N5O4. The van der Waals surface area contributed by atoms with Gasteiger partial charge in [0, 0.05) is 5.10 Å². The highest BCUT2D eigenvalue weighted by Gasteiger charge is 2.62. The van der Waals surface area contributed by atoms with Crippen LogP contribution < -0.4 is 10.1 Å². The van der Waals surface area contributed by atoms with Gasteiger partial charge in [-0.1, -0.05) is 11.1 Å². The molecule has 0 aliphatic heterocycles. The van der Waals surface area contributed by atoms with E-state index >= 15 is 0 Å². The van der Waals surface area contributed by atoms with Crippen LogP contribution in [0.15, 0.2) is 24.5 Å². The number of nitro groups is 1. The van der Waals surface area contributed by atoms with Crippen molar-refractivity contribution in [2.24, 2.45) is 17.3 Å². The molecule has 4 aliphatic carbocycles. The van der Waals surface area contributed by atoms with E-state index in [9.17, 15) is 14.9 Å². The van der Waals surface area contributed by atoms with E-state index in [0.717, 1.165) is 37.7 Å². The number of nitrogens with one attached hydrogen (secondary N) is 1. The molecule has 1 aromatic carbocycles. The summed E-state index contributed by atoms with van der Waals surface area (Å²) >= 11 is 0. The third-order valence-electron chi connectivity index (χ3n) is 7.24. The topological polar surface area (TPSA) is 112 Å². The van der Waals surface area contributed by atoms with E-state index in [-0.39, 0.29) is 17.4 Å². The number of amides is 1. The number of methoxy groups -OCH3 is 1. The van der Waals surface area contributed by atoms with Crippen molar-refractivity contribution in [2.45, 2.75) is 51.0 Å². The van der Waals surface area contributed by atoms with Crippen LogP contribution in [0.25, 0.3) is 0 Å². The van der Waals surface area contributed by atoms with E-state index in [2.05, 4.69) is 15.4 Å². The zero-order chi connectivity index (χ0) is 21.1. The first-order chi connectivity index (χ1) is 14.3. The molecule has 2 unspecified atom stereocenters. The van der Waals surface area contributed by atoms with Crippen LogP contribution in [0.5, 0.6) is 5.75 Å². The Morgan fingerprint density at radius 3 is 2.67 bits per heavy atom. The fourth-order valence-electron chi connectivity index (χ4n) is 6.49. The molecule has 0 saturated heterocycles. The molecule has 4 bridgehead atoms. The lowest BCUT2D eigenvalue weighted by atomic mass is 9.46. The minimum Gasteiger partial charge on any atom is -0.495 e. The van der Waals surface area contributed by atoms with Crippen LogP contribution in [0.4, 0.5) is 11.6 Å². The number of benzene rings is 1. The van der Waals surface area contributed by atoms with Crippen molar-refractivity contribution in [3.8, 4) is 5.75 Å². The third-order valence-corrected chi connectivity index (χ3v) is 7.24. The predicted molar refractivity (Wildman–Crippen MR) is 108 cm³/mol. The predicted octanol–water partition coefficient (Wildman–Crippen LogP) is 3.44. The second-order valence-electron chi connectivity index (χ2n) is 9.37. The largest absolute Gasteiger partial charge is 0.495 e. The first-order valence-corrected chi connectivity index (χ1v) is 10.4. The van der Waals surface area contributed by atoms with E-state index in [4.69, 9.17) is 4.74 Å². The second-order valence-corrected chi connectivity index (χ2v) is 9.37. The van der Waals surface area contributed by atoms with Gasteiger partial charge in [0.25, 0.3) is 0 Å². The summed E-state index contributed by atoms with van der Waals surface area (Å²) in [4.78, 5) is 28.0. The molecule has 1 amide bonds. The van der Waals surface area contributed by atoms with Crippen molar-refractivity contribution in [1.82, 2.24) is 14.8 Å². The Balaban J connectivity index is 1.47. The molecule has 1 heterocycles. The van der Waals surface area contributed by atoms with Crippen LogP contribution in [0.1, 0.15) is 44.1 Å². The Kier molecular flexibility index (Phi) is 4.13. The molecule has 1 N–H and O–H groups in total. The summed E-state index contributed by atoms with van der Waals surface area (Å²) in [5.41, 5.74) is 0.852. The number of hydrogen-bond acceptors (Lipinski definition) is 6. The van der Waals surface area contributed by atoms with Gasteiger partial charge in [-0.3, -0.25) is 4.79 Å². The first kappa shape index (κ1) is 19.0. The van der Waals surface area contributed by atoms with Crippen LogP contribution in [0.3, 0.4) is 0 Å². The maximum absolute atomic E-state index is 13.6. The quantitative estimate of drug-likeness (QED) is 0.596. The van der Waals surface area contributed by atoms with E-state index in [1.165, 1.54) is 6.33 Å². The molecule has 2 atom stereocenters. The van der Waals surface area contributed by atoms with Gasteiger partial charge in [0.2, 0.25) is 12.2 Å². The fraction of sp³-hybridized carbons (Fsp3) is 0.571. The highest BCUT2D eigenvalue weighted by atomic mass is 16.6. The number of carbonyl (C=O) groups excluding carboxylic acids is 1. The molecule has 4 aliphatic rings. The first-order valence-electron chi connectivity index (χ1n) is 10.4. The summed E-state index contributed by atoms with van der Waals surface area (Å²) in [7, 11) is 1.59. The Morgan fingerprint density at radius 2 is 2.03 bits per heavy atom. The van der Waals surface area contributed by atoms with Crippen LogP contribution in [-0.4, -0.2) is 32.7 Å². The van der Waals surface area contributed by atoms with Crippen molar-refractivity contribution in [3.05, 3.63) is 40.2 Å². The monoisotopic (exact) mass is 411 g/mol. The Labute approximate surface area is 174 Å². The van der Waals surface area contributed by atoms with Gasteiger partial charge < -0.3 is 20.2 Å². The number of aromatic nitrogens is 3. The molecule has 6 rings (SSSR count). The molecule has 0 radical (unpaired) electrons. The molecule has 0 spiro atoms. The number of hydrogen-bond donors (Lipinski definition) is 1. The van der Waals surface area contributed by atoms with E-state index in [1.54, 1.807) is 11.8 Å². The van der Waals surface area contributed by atoms with Gasteiger partial charge in [0.05, 0.1) is 23.8 Å². The summed E-state index contributed by atoms with van der Waals surface area (Å²) in [6, 6.07) is 5.74. The number of rotatable bonds is 5. The lowest BCUT2D eigenvalue weighted by molar-refractivity contribution is -0.394. The molecule has 4 saturated carbocycles. The average Bonchev–Trinajstić information content (AvgIpc) is 3.19. The smallest absolute Gasteiger partial charge is 0.490 e. The zero-order valence-electron chi connectivity index (χ0n) is 17.1. The average molecular weight is 411 g/mol. The van der Waals surface area contributed by atoms with Crippen molar-refractivity contribution in [2.75, 3.05) is 12.4 Å². The normalized spacial score (nSPS) is 31.5. The molecule has 9 heteroatoms. The maximum Gasteiger partial charge on any atom is 0.490 e. The summed E-state index contributed by atoms with van der Waals surface area (Å²) < 4.78 is 7.11. The summed E-state index contributed by atoms with van der Waals surface area (Å²) in [6.07, 6.45) is 6.71. The molecule has 4 fully saturated rings. The molecule has 158 valence electrons. The summed E-state index contributed by atoms with van der Waals surface area (Å²) in [5.74, 6) is 1.10. The van der Waals surface area contributed by atoms with Gasteiger partial charge in [-0.25, -0.2) is 0 Å². The molecule has 30 heavy (non-hydrogen) atoms. The lowest BCUT2D eigenvalue weighted by Crippen LogP contribution is -2.60. The summed E-state index contributed by atoms with van der Waals surface area (Å²) in [5, 5.41) is 18.4. The molecule has 1 aromatic heterocycles. The highest BCUT2D eigenvalue weighted by Crippen LogP contribution is 2.64. The molecule has 9 nitrogen and oxygen atoms in total. The Bertz CT molecular complexity index is 1020. The van der Waals surface area contributed by atoms with Crippen LogP contribution in [-0.2, 0) is 10.3 Å². The SMILES string of the molecule is COc1ccc(C)cc1NC(=O)C12CC3CC(C1)CC(n1cnc([N+](=O)[O-])n1)(C3)C2. The Hall–Kier alpha value is -2.97. The van der Waals surface area contributed by atoms with E-state index < -0.39 is 10.3 Å². The van der Waals surface area contributed by atoms with Gasteiger partial charge in [-0.2, -0.15) is 4.68 Å².